The number of benzene rings is 2. The first-order valence-electron chi connectivity index (χ1n) is 7.78. The second-order valence-electron chi connectivity index (χ2n) is 5.49. The lowest BCUT2D eigenvalue weighted by atomic mass is 10.2. The summed E-state index contributed by atoms with van der Waals surface area (Å²) < 4.78 is 32.1. The van der Waals surface area contributed by atoms with E-state index in [0.717, 1.165) is 12.0 Å². The van der Waals surface area contributed by atoms with Gasteiger partial charge in [-0.15, -0.1) is 0 Å². The van der Waals surface area contributed by atoms with Crippen LogP contribution in [0.3, 0.4) is 0 Å². The summed E-state index contributed by atoms with van der Waals surface area (Å²) in [6, 6.07) is 11.8. The van der Waals surface area contributed by atoms with Crippen molar-refractivity contribution in [1.82, 2.24) is 0 Å². The lowest BCUT2D eigenvalue weighted by Crippen LogP contribution is -2.22. The third kappa shape index (κ3) is 5.18. The molecule has 0 unspecified atom stereocenters. The number of aryl methyl sites for hydroxylation is 2. The first-order chi connectivity index (χ1) is 11.8. The standard InChI is InChI=1S/C17H20N2O5S/c1-3-14-7-9-15(10-8-14)24-11-12-25(22,23)18-17-13(2)5-4-6-16(17)19(20)21/h4-10,18H,3,11-12H2,1-2H3. The molecule has 2 rings (SSSR count). The summed E-state index contributed by atoms with van der Waals surface area (Å²) in [5.74, 6) is 0.267. The molecule has 0 aliphatic carbocycles. The monoisotopic (exact) mass is 364 g/mol. The lowest BCUT2D eigenvalue weighted by molar-refractivity contribution is -0.383. The van der Waals surface area contributed by atoms with Gasteiger partial charge in [0.2, 0.25) is 10.0 Å². The zero-order valence-corrected chi connectivity index (χ0v) is 14.9. The second-order valence-corrected chi connectivity index (χ2v) is 7.33. The van der Waals surface area contributed by atoms with Crippen LogP contribution in [0.2, 0.25) is 0 Å². The van der Waals surface area contributed by atoms with Gasteiger partial charge in [0.15, 0.2) is 0 Å². The van der Waals surface area contributed by atoms with Gasteiger partial charge >= 0.3 is 0 Å². The van der Waals surface area contributed by atoms with Gasteiger partial charge in [0.1, 0.15) is 23.8 Å². The van der Waals surface area contributed by atoms with Crippen LogP contribution < -0.4 is 9.46 Å². The number of ether oxygens (including phenoxy) is 1. The summed E-state index contributed by atoms with van der Waals surface area (Å²) in [5, 5.41) is 11.1. The highest BCUT2D eigenvalue weighted by Gasteiger charge is 2.20. The van der Waals surface area contributed by atoms with Crippen LogP contribution >= 0.6 is 0 Å². The molecular formula is C17H20N2O5S. The van der Waals surface area contributed by atoms with Crippen molar-refractivity contribution in [3.05, 3.63) is 63.7 Å². The topological polar surface area (TPSA) is 98.5 Å². The molecule has 1 N–H and O–H groups in total. The van der Waals surface area contributed by atoms with Crippen molar-refractivity contribution in [2.24, 2.45) is 0 Å². The molecule has 0 aliphatic heterocycles. The molecule has 7 nitrogen and oxygen atoms in total. The Bertz CT molecular complexity index is 848. The van der Waals surface area contributed by atoms with E-state index >= 15 is 0 Å². The summed E-state index contributed by atoms with van der Waals surface area (Å²) in [4.78, 5) is 10.4. The fourth-order valence-corrected chi connectivity index (χ4v) is 3.22. The Morgan fingerprint density at radius 3 is 2.44 bits per heavy atom. The Kier molecular flexibility index (Phi) is 5.97. The number of sulfonamides is 1. The molecule has 0 fully saturated rings. The predicted molar refractivity (Wildman–Crippen MR) is 96.6 cm³/mol. The molecule has 0 heterocycles. The van der Waals surface area contributed by atoms with Gasteiger partial charge in [-0.25, -0.2) is 8.42 Å². The fourth-order valence-electron chi connectivity index (χ4n) is 2.23. The Morgan fingerprint density at radius 1 is 1.16 bits per heavy atom. The van der Waals surface area contributed by atoms with Crippen LogP contribution in [0.25, 0.3) is 0 Å². The zero-order chi connectivity index (χ0) is 18.4. The molecule has 0 radical (unpaired) electrons. The molecule has 25 heavy (non-hydrogen) atoms. The largest absolute Gasteiger partial charge is 0.492 e. The lowest BCUT2D eigenvalue weighted by Gasteiger charge is -2.11. The SMILES string of the molecule is CCc1ccc(OCCS(=O)(=O)Nc2c(C)cccc2[N+](=O)[O-])cc1. The van der Waals surface area contributed by atoms with Gasteiger partial charge in [0, 0.05) is 6.07 Å². The van der Waals surface area contributed by atoms with Gasteiger partial charge in [-0.1, -0.05) is 31.2 Å². The Hall–Kier alpha value is -2.61. The maximum absolute atomic E-state index is 12.2. The van der Waals surface area contributed by atoms with E-state index in [1.54, 1.807) is 25.1 Å². The number of para-hydroxylation sites is 1. The van der Waals surface area contributed by atoms with Crippen molar-refractivity contribution in [2.75, 3.05) is 17.1 Å². The van der Waals surface area contributed by atoms with Crippen LogP contribution in [0.4, 0.5) is 11.4 Å². The number of hydrogen-bond acceptors (Lipinski definition) is 5. The van der Waals surface area contributed by atoms with Crippen molar-refractivity contribution < 1.29 is 18.1 Å². The third-order valence-corrected chi connectivity index (χ3v) is 4.88. The summed E-state index contributed by atoms with van der Waals surface area (Å²) >= 11 is 0. The molecule has 0 amide bonds. The van der Waals surface area contributed by atoms with E-state index in [0.29, 0.717) is 11.3 Å². The minimum Gasteiger partial charge on any atom is -0.492 e. The minimum absolute atomic E-state index is 0.0141. The highest BCUT2D eigenvalue weighted by Crippen LogP contribution is 2.28. The molecule has 134 valence electrons. The maximum Gasteiger partial charge on any atom is 0.293 e. The second kappa shape index (κ2) is 7.98. The quantitative estimate of drug-likeness (QED) is 0.572. The Labute approximate surface area is 146 Å². The zero-order valence-electron chi connectivity index (χ0n) is 14.1. The van der Waals surface area contributed by atoms with Crippen molar-refractivity contribution in [2.45, 2.75) is 20.3 Å². The summed E-state index contributed by atoms with van der Waals surface area (Å²) in [6.07, 6.45) is 0.911. The summed E-state index contributed by atoms with van der Waals surface area (Å²) in [7, 11) is -3.78. The van der Waals surface area contributed by atoms with E-state index in [1.165, 1.54) is 12.1 Å². The Balaban J connectivity index is 2.01. The first kappa shape index (κ1) is 18.7. The van der Waals surface area contributed by atoms with Crippen LogP contribution in [0, 0.1) is 17.0 Å². The first-order valence-corrected chi connectivity index (χ1v) is 9.44. The van der Waals surface area contributed by atoms with Gasteiger partial charge < -0.3 is 4.74 Å². The van der Waals surface area contributed by atoms with Crippen molar-refractivity contribution in [3.8, 4) is 5.75 Å². The molecule has 0 aliphatic rings. The molecule has 0 atom stereocenters. The molecule has 0 aromatic heterocycles. The summed E-state index contributed by atoms with van der Waals surface area (Å²) in [5.41, 5.74) is 1.35. The normalized spacial score (nSPS) is 11.1. The molecule has 0 bridgehead atoms. The number of nitro benzene ring substituents is 1. The van der Waals surface area contributed by atoms with Crippen molar-refractivity contribution in [1.29, 1.82) is 0 Å². The van der Waals surface area contributed by atoms with Gasteiger partial charge in [-0.3, -0.25) is 14.8 Å². The van der Waals surface area contributed by atoms with Gasteiger partial charge in [-0.05, 0) is 36.6 Å². The van der Waals surface area contributed by atoms with Crippen molar-refractivity contribution >= 4 is 21.4 Å². The highest BCUT2D eigenvalue weighted by molar-refractivity contribution is 7.92. The molecule has 8 heteroatoms. The van der Waals surface area contributed by atoms with Crippen LogP contribution in [-0.2, 0) is 16.4 Å². The molecule has 0 saturated carbocycles. The molecule has 0 saturated heterocycles. The molecule has 2 aromatic rings. The van der Waals surface area contributed by atoms with Gasteiger partial charge in [-0.2, -0.15) is 0 Å². The minimum atomic E-state index is -3.78. The van der Waals surface area contributed by atoms with E-state index in [4.69, 9.17) is 4.74 Å². The number of nitro groups is 1. The number of nitrogens with zero attached hydrogens (tertiary/aromatic N) is 1. The molecule has 2 aromatic carbocycles. The van der Waals surface area contributed by atoms with E-state index in [-0.39, 0.29) is 23.7 Å². The van der Waals surface area contributed by atoms with Gasteiger partial charge in [0.05, 0.1) is 4.92 Å². The predicted octanol–water partition coefficient (Wildman–Crippen LogP) is 3.29. The van der Waals surface area contributed by atoms with Crippen LogP contribution in [0.15, 0.2) is 42.5 Å². The number of rotatable bonds is 8. The number of anilines is 1. The number of hydrogen-bond donors (Lipinski definition) is 1. The van der Waals surface area contributed by atoms with E-state index in [1.807, 2.05) is 19.1 Å². The average molecular weight is 364 g/mol. The number of nitrogens with one attached hydrogen (secondary N) is 1. The average Bonchev–Trinajstić information content (AvgIpc) is 2.57. The Morgan fingerprint density at radius 2 is 1.84 bits per heavy atom. The maximum atomic E-state index is 12.2. The van der Waals surface area contributed by atoms with Crippen LogP contribution in [-0.4, -0.2) is 25.7 Å². The third-order valence-electron chi connectivity index (χ3n) is 3.66. The van der Waals surface area contributed by atoms with E-state index in [2.05, 4.69) is 4.72 Å². The van der Waals surface area contributed by atoms with Crippen LogP contribution in [0.1, 0.15) is 18.1 Å². The molecular weight excluding hydrogens is 344 g/mol. The summed E-state index contributed by atoms with van der Waals surface area (Å²) in [6.45, 7) is 3.59. The smallest absolute Gasteiger partial charge is 0.293 e. The van der Waals surface area contributed by atoms with Crippen LogP contribution in [0.5, 0.6) is 5.75 Å². The fraction of sp³-hybridized carbons (Fsp3) is 0.294. The molecule has 0 spiro atoms. The van der Waals surface area contributed by atoms with Crippen molar-refractivity contribution in [3.63, 3.8) is 0 Å². The van der Waals surface area contributed by atoms with Gasteiger partial charge in [0.25, 0.3) is 5.69 Å². The highest BCUT2D eigenvalue weighted by atomic mass is 32.2. The van der Waals surface area contributed by atoms with E-state index < -0.39 is 14.9 Å². The van der Waals surface area contributed by atoms with E-state index in [9.17, 15) is 18.5 Å².